The van der Waals surface area contributed by atoms with Gasteiger partial charge in [-0.05, 0) is 52.7 Å². The topological polar surface area (TPSA) is 58.6 Å². The van der Waals surface area contributed by atoms with Gasteiger partial charge in [0.2, 0.25) is 5.91 Å². The molecule has 0 atom stereocenters. The standard InChI is InChI=1S/C17H26N2O3S/c1-12-5-6-14(23-12)11-18-15(20)13-7-9-19(10-8-13)16(21)22-17(2,3)4/h5-6,13H,7-11H2,1-4H3,(H,18,20). The molecule has 0 spiro atoms. The fourth-order valence-corrected chi connectivity index (χ4v) is 3.38. The predicted octanol–water partition coefficient (Wildman–Crippen LogP) is 3.32. The number of hydrogen-bond acceptors (Lipinski definition) is 4. The van der Waals surface area contributed by atoms with Crippen LogP contribution >= 0.6 is 11.3 Å². The highest BCUT2D eigenvalue weighted by atomic mass is 32.1. The number of aryl methyl sites for hydroxylation is 1. The van der Waals surface area contributed by atoms with Crippen molar-refractivity contribution in [1.29, 1.82) is 0 Å². The Bertz CT molecular complexity index is 554. The molecule has 0 radical (unpaired) electrons. The minimum Gasteiger partial charge on any atom is -0.444 e. The Labute approximate surface area is 142 Å². The number of nitrogens with zero attached hydrogens (tertiary/aromatic N) is 1. The van der Waals surface area contributed by atoms with Crippen molar-refractivity contribution in [1.82, 2.24) is 10.2 Å². The molecule has 2 heterocycles. The highest BCUT2D eigenvalue weighted by Gasteiger charge is 2.29. The van der Waals surface area contributed by atoms with E-state index in [1.807, 2.05) is 26.8 Å². The van der Waals surface area contributed by atoms with Gasteiger partial charge in [-0.3, -0.25) is 4.79 Å². The molecule has 1 fully saturated rings. The Morgan fingerprint density at radius 3 is 2.48 bits per heavy atom. The third kappa shape index (κ3) is 5.53. The number of piperidine rings is 1. The first-order chi connectivity index (χ1) is 10.7. The molecular formula is C17H26N2O3S. The van der Waals surface area contributed by atoms with Crippen molar-refractivity contribution in [3.8, 4) is 0 Å². The van der Waals surface area contributed by atoms with Gasteiger partial charge in [-0.1, -0.05) is 0 Å². The second-order valence-corrected chi connectivity index (χ2v) is 8.34. The van der Waals surface area contributed by atoms with E-state index in [2.05, 4.69) is 18.3 Å². The maximum atomic E-state index is 12.2. The molecule has 1 aliphatic heterocycles. The van der Waals surface area contributed by atoms with Crippen molar-refractivity contribution >= 4 is 23.3 Å². The Hall–Kier alpha value is -1.56. The van der Waals surface area contributed by atoms with Gasteiger partial charge in [0.05, 0.1) is 6.54 Å². The molecule has 6 heteroatoms. The molecule has 0 aromatic carbocycles. The first-order valence-electron chi connectivity index (χ1n) is 8.05. The number of rotatable bonds is 3. The molecule has 2 amide bonds. The van der Waals surface area contributed by atoms with Crippen molar-refractivity contribution in [3.05, 3.63) is 21.9 Å². The SMILES string of the molecule is Cc1ccc(CNC(=O)C2CCN(C(=O)OC(C)(C)C)CC2)s1. The molecule has 128 valence electrons. The van der Waals surface area contributed by atoms with Crippen LogP contribution in [0.5, 0.6) is 0 Å². The van der Waals surface area contributed by atoms with Crippen LogP contribution in [0.25, 0.3) is 0 Å². The van der Waals surface area contributed by atoms with Crippen LogP contribution in [0.15, 0.2) is 12.1 Å². The smallest absolute Gasteiger partial charge is 0.410 e. The fourth-order valence-electron chi connectivity index (χ4n) is 2.55. The van der Waals surface area contributed by atoms with Crippen LogP contribution in [-0.4, -0.2) is 35.6 Å². The molecular weight excluding hydrogens is 312 g/mol. The molecule has 1 N–H and O–H groups in total. The third-order valence-corrected chi connectivity index (χ3v) is 4.75. The summed E-state index contributed by atoms with van der Waals surface area (Å²) in [6.45, 7) is 9.37. The summed E-state index contributed by atoms with van der Waals surface area (Å²) in [4.78, 5) is 28.4. The Morgan fingerprint density at radius 1 is 1.30 bits per heavy atom. The largest absolute Gasteiger partial charge is 0.444 e. The van der Waals surface area contributed by atoms with Gasteiger partial charge in [0.1, 0.15) is 5.60 Å². The zero-order valence-corrected chi connectivity index (χ0v) is 15.2. The van der Waals surface area contributed by atoms with Crippen molar-refractivity contribution in [2.24, 2.45) is 5.92 Å². The second kappa shape index (κ2) is 7.34. The second-order valence-electron chi connectivity index (χ2n) is 6.97. The summed E-state index contributed by atoms with van der Waals surface area (Å²) in [7, 11) is 0. The summed E-state index contributed by atoms with van der Waals surface area (Å²) >= 11 is 1.70. The quantitative estimate of drug-likeness (QED) is 0.920. The van der Waals surface area contributed by atoms with Gasteiger partial charge in [-0.25, -0.2) is 4.79 Å². The molecule has 23 heavy (non-hydrogen) atoms. The lowest BCUT2D eigenvalue weighted by molar-refractivity contribution is -0.126. The summed E-state index contributed by atoms with van der Waals surface area (Å²) in [5.41, 5.74) is -0.482. The molecule has 2 rings (SSSR count). The maximum absolute atomic E-state index is 12.2. The maximum Gasteiger partial charge on any atom is 0.410 e. The van der Waals surface area contributed by atoms with Crippen molar-refractivity contribution in [2.75, 3.05) is 13.1 Å². The van der Waals surface area contributed by atoms with Gasteiger partial charge in [-0.15, -0.1) is 11.3 Å². The monoisotopic (exact) mass is 338 g/mol. The Kier molecular flexibility index (Phi) is 5.68. The van der Waals surface area contributed by atoms with Gasteiger partial charge in [0.25, 0.3) is 0 Å². The van der Waals surface area contributed by atoms with Gasteiger partial charge in [-0.2, -0.15) is 0 Å². The van der Waals surface area contributed by atoms with Crippen LogP contribution in [0, 0.1) is 12.8 Å². The molecule has 1 aromatic heterocycles. The van der Waals surface area contributed by atoms with Gasteiger partial charge < -0.3 is 15.0 Å². The summed E-state index contributed by atoms with van der Waals surface area (Å²) in [5.74, 6) is 0.0645. The molecule has 1 saturated heterocycles. The Morgan fingerprint density at radius 2 is 1.96 bits per heavy atom. The van der Waals surface area contributed by atoms with E-state index in [-0.39, 0.29) is 17.9 Å². The average molecular weight is 338 g/mol. The number of thiophene rings is 1. The number of ether oxygens (including phenoxy) is 1. The lowest BCUT2D eigenvalue weighted by Gasteiger charge is -2.32. The number of likely N-dealkylation sites (tertiary alicyclic amines) is 1. The molecule has 0 aliphatic carbocycles. The van der Waals surface area contributed by atoms with Gasteiger partial charge in [0.15, 0.2) is 0 Å². The average Bonchev–Trinajstić information content (AvgIpc) is 2.89. The highest BCUT2D eigenvalue weighted by molar-refractivity contribution is 7.11. The van der Waals surface area contributed by atoms with Crippen LogP contribution in [0.3, 0.4) is 0 Å². The minimum atomic E-state index is -0.482. The zero-order valence-electron chi connectivity index (χ0n) is 14.3. The minimum absolute atomic E-state index is 0.0188. The van der Waals surface area contributed by atoms with E-state index in [9.17, 15) is 9.59 Å². The van der Waals surface area contributed by atoms with Gasteiger partial charge >= 0.3 is 6.09 Å². The van der Waals surface area contributed by atoms with Crippen LogP contribution in [0.2, 0.25) is 0 Å². The van der Waals surface area contributed by atoms with Crippen molar-refractivity contribution in [3.63, 3.8) is 0 Å². The van der Waals surface area contributed by atoms with Crippen LogP contribution in [0.1, 0.15) is 43.4 Å². The van der Waals surface area contributed by atoms with Crippen molar-refractivity contribution < 1.29 is 14.3 Å². The number of hydrogen-bond donors (Lipinski definition) is 1. The van der Waals surface area contributed by atoms with Crippen LogP contribution in [0.4, 0.5) is 4.79 Å². The van der Waals surface area contributed by atoms with E-state index in [4.69, 9.17) is 4.74 Å². The first-order valence-corrected chi connectivity index (χ1v) is 8.87. The molecule has 1 aliphatic rings. The third-order valence-electron chi connectivity index (χ3n) is 3.75. The molecule has 1 aromatic rings. The number of carbonyl (C=O) groups excluding carboxylic acids is 2. The van der Waals surface area contributed by atoms with E-state index in [1.54, 1.807) is 16.2 Å². The van der Waals surface area contributed by atoms with E-state index < -0.39 is 5.60 Å². The summed E-state index contributed by atoms with van der Waals surface area (Å²) < 4.78 is 5.37. The molecule has 5 nitrogen and oxygen atoms in total. The predicted molar refractivity (Wildman–Crippen MR) is 91.4 cm³/mol. The molecule has 0 saturated carbocycles. The van der Waals surface area contributed by atoms with E-state index in [0.29, 0.717) is 32.5 Å². The summed E-state index contributed by atoms with van der Waals surface area (Å²) in [6, 6.07) is 4.11. The summed E-state index contributed by atoms with van der Waals surface area (Å²) in [6.07, 6.45) is 1.09. The van der Waals surface area contributed by atoms with E-state index in [0.717, 1.165) is 0 Å². The fraction of sp³-hybridized carbons (Fsp3) is 0.647. The van der Waals surface area contributed by atoms with Crippen LogP contribution in [-0.2, 0) is 16.1 Å². The normalized spacial score (nSPS) is 16.3. The zero-order chi connectivity index (χ0) is 17.0. The number of carbonyl (C=O) groups is 2. The first kappa shape index (κ1) is 17.8. The number of nitrogens with one attached hydrogen (secondary N) is 1. The number of amides is 2. The van der Waals surface area contributed by atoms with Crippen LogP contribution < -0.4 is 5.32 Å². The lowest BCUT2D eigenvalue weighted by Crippen LogP contribution is -2.44. The van der Waals surface area contributed by atoms with Crippen molar-refractivity contribution in [2.45, 2.75) is 52.7 Å². The summed E-state index contributed by atoms with van der Waals surface area (Å²) in [5, 5.41) is 3.00. The highest BCUT2D eigenvalue weighted by Crippen LogP contribution is 2.20. The molecule has 0 unspecified atom stereocenters. The van der Waals surface area contributed by atoms with E-state index in [1.165, 1.54) is 9.75 Å². The van der Waals surface area contributed by atoms with Gasteiger partial charge in [0, 0.05) is 28.8 Å². The Balaban J connectivity index is 1.75. The lowest BCUT2D eigenvalue weighted by atomic mass is 9.96. The molecule has 0 bridgehead atoms. The van der Waals surface area contributed by atoms with E-state index >= 15 is 0 Å².